The van der Waals surface area contributed by atoms with Crippen LogP contribution in [0.5, 0.6) is 0 Å². The molecule has 0 fully saturated rings. The number of carbonyl (C=O) groups excluding carboxylic acids is 1. The SMILES string of the molecule is O=C(/C=C/c1cnc2ccccc2n1)NCCc1cccc(F)c1. The maximum absolute atomic E-state index is 13.1. The van der Waals surface area contributed by atoms with Crippen LogP contribution in [-0.2, 0) is 11.2 Å². The Bertz CT molecular complexity index is 892. The van der Waals surface area contributed by atoms with Gasteiger partial charge in [-0.05, 0) is 42.3 Å². The third-order valence-corrected chi connectivity index (χ3v) is 3.47. The molecule has 1 heterocycles. The van der Waals surface area contributed by atoms with E-state index in [0.29, 0.717) is 18.7 Å². The average molecular weight is 321 g/mol. The summed E-state index contributed by atoms with van der Waals surface area (Å²) in [6.45, 7) is 0.441. The molecule has 3 rings (SSSR count). The van der Waals surface area contributed by atoms with E-state index in [4.69, 9.17) is 0 Å². The number of halogens is 1. The molecule has 4 nitrogen and oxygen atoms in total. The van der Waals surface area contributed by atoms with E-state index >= 15 is 0 Å². The second-order valence-electron chi connectivity index (χ2n) is 5.29. The van der Waals surface area contributed by atoms with Gasteiger partial charge in [-0.1, -0.05) is 24.3 Å². The molecule has 0 saturated heterocycles. The van der Waals surface area contributed by atoms with Crippen LogP contribution >= 0.6 is 0 Å². The van der Waals surface area contributed by atoms with Crippen molar-refractivity contribution in [2.75, 3.05) is 6.54 Å². The first kappa shape index (κ1) is 15.8. The Labute approximate surface area is 139 Å². The smallest absolute Gasteiger partial charge is 0.244 e. The van der Waals surface area contributed by atoms with E-state index < -0.39 is 0 Å². The van der Waals surface area contributed by atoms with Crippen LogP contribution in [0.1, 0.15) is 11.3 Å². The van der Waals surface area contributed by atoms with E-state index in [9.17, 15) is 9.18 Å². The first-order valence-electron chi connectivity index (χ1n) is 7.63. The second-order valence-corrected chi connectivity index (χ2v) is 5.29. The monoisotopic (exact) mass is 321 g/mol. The average Bonchev–Trinajstić information content (AvgIpc) is 2.60. The standard InChI is InChI=1S/C19H16FN3O/c20-15-5-3-4-14(12-15)10-11-21-19(24)9-8-16-13-22-17-6-1-2-7-18(17)23-16/h1-9,12-13H,10-11H2,(H,21,24)/b9-8+. The molecule has 0 aliphatic rings. The van der Waals surface area contributed by atoms with Gasteiger partial charge >= 0.3 is 0 Å². The third kappa shape index (κ3) is 4.23. The Kier molecular flexibility index (Phi) is 4.91. The van der Waals surface area contributed by atoms with Crippen molar-refractivity contribution in [1.29, 1.82) is 0 Å². The van der Waals surface area contributed by atoms with Crippen molar-refractivity contribution >= 4 is 23.0 Å². The highest BCUT2D eigenvalue weighted by molar-refractivity contribution is 5.91. The van der Waals surface area contributed by atoms with E-state index in [0.717, 1.165) is 16.6 Å². The van der Waals surface area contributed by atoms with Crippen molar-refractivity contribution in [1.82, 2.24) is 15.3 Å². The summed E-state index contributed by atoms with van der Waals surface area (Å²) in [5, 5.41) is 2.76. The van der Waals surface area contributed by atoms with Gasteiger partial charge in [-0.15, -0.1) is 0 Å². The fourth-order valence-electron chi connectivity index (χ4n) is 2.29. The number of carbonyl (C=O) groups is 1. The molecule has 0 bridgehead atoms. The van der Waals surface area contributed by atoms with Crippen molar-refractivity contribution in [3.63, 3.8) is 0 Å². The zero-order chi connectivity index (χ0) is 16.8. The third-order valence-electron chi connectivity index (χ3n) is 3.47. The van der Waals surface area contributed by atoms with Gasteiger partial charge < -0.3 is 5.32 Å². The lowest BCUT2D eigenvalue weighted by atomic mass is 10.1. The predicted molar refractivity (Wildman–Crippen MR) is 91.7 cm³/mol. The molecule has 0 aliphatic carbocycles. The largest absolute Gasteiger partial charge is 0.352 e. The van der Waals surface area contributed by atoms with E-state index in [-0.39, 0.29) is 11.7 Å². The number of hydrogen-bond acceptors (Lipinski definition) is 3. The lowest BCUT2D eigenvalue weighted by Gasteiger charge is -2.03. The van der Waals surface area contributed by atoms with Crippen molar-refractivity contribution in [2.24, 2.45) is 0 Å². The molecular formula is C19H16FN3O. The van der Waals surface area contributed by atoms with Gasteiger partial charge in [-0.3, -0.25) is 9.78 Å². The highest BCUT2D eigenvalue weighted by atomic mass is 19.1. The summed E-state index contributed by atoms with van der Waals surface area (Å²) in [6, 6.07) is 13.9. The van der Waals surface area contributed by atoms with Gasteiger partial charge in [-0.25, -0.2) is 9.37 Å². The van der Waals surface area contributed by atoms with Gasteiger partial charge in [0, 0.05) is 12.6 Å². The van der Waals surface area contributed by atoms with E-state index in [1.54, 1.807) is 18.3 Å². The van der Waals surface area contributed by atoms with Gasteiger partial charge in [0.15, 0.2) is 0 Å². The Morgan fingerprint density at radius 1 is 1.12 bits per heavy atom. The Morgan fingerprint density at radius 2 is 1.96 bits per heavy atom. The number of nitrogens with one attached hydrogen (secondary N) is 1. The lowest BCUT2D eigenvalue weighted by molar-refractivity contribution is -0.116. The van der Waals surface area contributed by atoms with E-state index in [1.165, 1.54) is 18.2 Å². The lowest BCUT2D eigenvalue weighted by Crippen LogP contribution is -2.23. The van der Waals surface area contributed by atoms with Gasteiger partial charge in [0.1, 0.15) is 5.82 Å². The molecule has 24 heavy (non-hydrogen) atoms. The van der Waals surface area contributed by atoms with Gasteiger partial charge in [0.05, 0.1) is 22.9 Å². The number of hydrogen-bond donors (Lipinski definition) is 1. The van der Waals surface area contributed by atoms with E-state index in [1.807, 2.05) is 30.3 Å². The number of amides is 1. The molecular weight excluding hydrogens is 305 g/mol. The molecule has 1 aromatic heterocycles. The number of rotatable bonds is 5. The van der Waals surface area contributed by atoms with Crippen LogP contribution in [0.3, 0.4) is 0 Å². The summed E-state index contributed by atoms with van der Waals surface area (Å²) in [7, 11) is 0. The van der Waals surface area contributed by atoms with Crippen molar-refractivity contribution < 1.29 is 9.18 Å². The zero-order valence-electron chi connectivity index (χ0n) is 12.9. The van der Waals surface area contributed by atoms with Crippen LogP contribution in [0.25, 0.3) is 17.1 Å². The molecule has 120 valence electrons. The van der Waals surface area contributed by atoms with Crippen LogP contribution in [-0.4, -0.2) is 22.4 Å². The van der Waals surface area contributed by atoms with Crippen LogP contribution in [0.4, 0.5) is 4.39 Å². The predicted octanol–water partition coefficient (Wildman–Crippen LogP) is 3.14. The number of aromatic nitrogens is 2. The first-order valence-corrected chi connectivity index (χ1v) is 7.63. The minimum absolute atomic E-state index is 0.221. The van der Waals surface area contributed by atoms with Gasteiger partial charge in [0.2, 0.25) is 5.91 Å². The summed E-state index contributed by atoms with van der Waals surface area (Å²) >= 11 is 0. The summed E-state index contributed by atoms with van der Waals surface area (Å²) < 4.78 is 13.1. The van der Waals surface area contributed by atoms with Crippen LogP contribution in [0.15, 0.2) is 60.8 Å². The Hall–Kier alpha value is -3.08. The van der Waals surface area contributed by atoms with Crippen molar-refractivity contribution in [3.05, 3.63) is 77.9 Å². The molecule has 2 aromatic carbocycles. The number of nitrogens with zero attached hydrogens (tertiary/aromatic N) is 2. The highest BCUT2D eigenvalue weighted by Crippen LogP contribution is 2.09. The minimum atomic E-state index is -0.270. The molecule has 0 unspecified atom stereocenters. The Balaban J connectivity index is 1.54. The number of para-hydroxylation sites is 2. The van der Waals surface area contributed by atoms with Crippen LogP contribution < -0.4 is 5.32 Å². The maximum Gasteiger partial charge on any atom is 0.244 e. The highest BCUT2D eigenvalue weighted by Gasteiger charge is 2.00. The molecule has 3 aromatic rings. The second kappa shape index (κ2) is 7.46. The molecule has 0 saturated carbocycles. The molecule has 0 atom stereocenters. The normalized spacial score (nSPS) is 11.0. The molecule has 1 N–H and O–H groups in total. The van der Waals surface area contributed by atoms with Crippen molar-refractivity contribution in [2.45, 2.75) is 6.42 Å². The number of fused-ring (bicyclic) bond motifs is 1. The Morgan fingerprint density at radius 3 is 2.79 bits per heavy atom. The number of benzene rings is 2. The zero-order valence-corrected chi connectivity index (χ0v) is 12.9. The summed E-state index contributed by atoms with van der Waals surface area (Å²) in [6.07, 6.45) is 5.24. The fourth-order valence-corrected chi connectivity index (χ4v) is 2.29. The van der Waals surface area contributed by atoms with Gasteiger partial charge in [0.25, 0.3) is 0 Å². The van der Waals surface area contributed by atoms with E-state index in [2.05, 4.69) is 15.3 Å². The maximum atomic E-state index is 13.1. The minimum Gasteiger partial charge on any atom is -0.352 e. The summed E-state index contributed by atoms with van der Waals surface area (Å²) in [5.41, 5.74) is 3.06. The fraction of sp³-hybridized carbons (Fsp3) is 0.105. The molecule has 0 radical (unpaired) electrons. The van der Waals surface area contributed by atoms with Crippen LogP contribution in [0, 0.1) is 5.82 Å². The van der Waals surface area contributed by atoms with Crippen molar-refractivity contribution in [3.8, 4) is 0 Å². The van der Waals surface area contributed by atoms with Crippen LogP contribution in [0.2, 0.25) is 0 Å². The summed E-state index contributed by atoms with van der Waals surface area (Å²) in [5.74, 6) is -0.491. The molecule has 5 heteroatoms. The molecule has 0 spiro atoms. The molecule has 0 aliphatic heterocycles. The topological polar surface area (TPSA) is 54.9 Å². The first-order chi connectivity index (χ1) is 11.7. The van der Waals surface area contributed by atoms with Gasteiger partial charge in [-0.2, -0.15) is 0 Å². The quantitative estimate of drug-likeness (QED) is 0.735. The molecule has 1 amide bonds. The summed E-state index contributed by atoms with van der Waals surface area (Å²) in [4.78, 5) is 20.5.